The maximum absolute atomic E-state index is 9.85. The summed E-state index contributed by atoms with van der Waals surface area (Å²) in [5.41, 5.74) is 2.50. The average molecular weight is 218 g/mol. The molecule has 1 rings (SSSR count). The highest BCUT2D eigenvalue weighted by Gasteiger charge is 2.09. The molecule has 0 unspecified atom stereocenters. The van der Waals surface area contributed by atoms with Gasteiger partial charge in [-0.2, -0.15) is 0 Å². The predicted octanol–water partition coefficient (Wildman–Crippen LogP) is 2.39. The quantitative estimate of drug-likeness (QED) is 0.745. The smallest absolute Gasteiger partial charge is 0.0812 e. The third kappa shape index (κ3) is 4.01. The molecule has 16 heavy (non-hydrogen) atoms. The van der Waals surface area contributed by atoms with Crippen molar-refractivity contribution >= 4 is 6.08 Å². The summed E-state index contributed by atoms with van der Waals surface area (Å²) in [4.78, 5) is 0. The second-order valence-corrected chi connectivity index (χ2v) is 3.97. The van der Waals surface area contributed by atoms with E-state index in [0.717, 1.165) is 11.1 Å². The molecular weight excluding hydrogens is 200 g/mol. The Labute approximate surface area is 96.6 Å². The first-order valence-electron chi connectivity index (χ1n) is 5.32. The van der Waals surface area contributed by atoms with Crippen molar-refractivity contribution < 1.29 is 10.2 Å². The van der Waals surface area contributed by atoms with Crippen LogP contribution in [-0.2, 0) is 0 Å². The Hall–Kier alpha value is -1.38. The summed E-state index contributed by atoms with van der Waals surface area (Å²) in [5.74, 6) is 0. The molecule has 2 heteroatoms. The van der Waals surface area contributed by atoms with Crippen molar-refractivity contribution in [1.82, 2.24) is 0 Å². The Balaban J connectivity index is 2.81. The third-order valence-electron chi connectivity index (χ3n) is 2.30. The van der Waals surface area contributed by atoms with Crippen molar-refractivity contribution in [1.29, 1.82) is 0 Å². The molecule has 1 aromatic carbocycles. The van der Waals surface area contributed by atoms with Crippen LogP contribution in [0.25, 0.3) is 6.08 Å². The van der Waals surface area contributed by atoms with Crippen LogP contribution in [-0.4, -0.2) is 22.9 Å². The number of hydrogen-bond donors (Lipinski definition) is 2. The van der Waals surface area contributed by atoms with Crippen LogP contribution in [0, 0.1) is 0 Å². The number of benzene rings is 1. The maximum Gasteiger partial charge on any atom is 0.0812 e. The van der Waals surface area contributed by atoms with Crippen LogP contribution in [0.3, 0.4) is 0 Å². The van der Waals surface area contributed by atoms with Crippen LogP contribution in [0.4, 0.5) is 0 Å². The van der Waals surface area contributed by atoms with Crippen molar-refractivity contribution in [3.63, 3.8) is 0 Å². The summed E-state index contributed by atoms with van der Waals surface area (Å²) < 4.78 is 0. The van der Waals surface area contributed by atoms with Gasteiger partial charge in [-0.25, -0.2) is 0 Å². The van der Waals surface area contributed by atoms with Crippen LogP contribution in [0.5, 0.6) is 0 Å². The summed E-state index contributed by atoms with van der Waals surface area (Å²) in [7, 11) is 0. The van der Waals surface area contributed by atoms with Gasteiger partial charge in [-0.3, -0.25) is 0 Å². The van der Waals surface area contributed by atoms with Gasteiger partial charge in [-0.05, 0) is 24.5 Å². The largest absolute Gasteiger partial charge is 0.392 e. The fourth-order valence-electron chi connectivity index (χ4n) is 1.47. The lowest BCUT2D eigenvalue weighted by atomic mass is 10.0. The molecule has 0 bridgehead atoms. The lowest BCUT2D eigenvalue weighted by molar-refractivity contribution is 0.189. The molecule has 2 N–H and O–H groups in total. The zero-order valence-electron chi connectivity index (χ0n) is 9.56. The van der Waals surface area contributed by atoms with E-state index in [1.807, 2.05) is 43.3 Å². The minimum absolute atomic E-state index is 0.136. The van der Waals surface area contributed by atoms with E-state index < -0.39 is 6.10 Å². The van der Waals surface area contributed by atoms with Crippen LogP contribution >= 0.6 is 0 Å². The summed E-state index contributed by atoms with van der Waals surface area (Å²) in [5, 5.41) is 19.1. The normalized spacial score (nSPS) is 13.6. The van der Waals surface area contributed by atoms with E-state index in [1.165, 1.54) is 0 Å². The molecule has 0 heterocycles. The van der Waals surface area contributed by atoms with Crippen LogP contribution in [0.2, 0.25) is 0 Å². The fourth-order valence-corrected chi connectivity index (χ4v) is 1.47. The first kappa shape index (κ1) is 12.7. The molecule has 2 nitrogen and oxygen atoms in total. The molecule has 0 aliphatic rings. The van der Waals surface area contributed by atoms with Crippen LogP contribution in [0.15, 0.2) is 48.1 Å². The van der Waals surface area contributed by atoms with Crippen LogP contribution in [0.1, 0.15) is 18.9 Å². The molecule has 0 aromatic heterocycles. The SMILES string of the molecule is C=C(C)C[C@H](O)/C(=C\c1ccccc1)CO. The summed E-state index contributed by atoms with van der Waals surface area (Å²) in [6.07, 6.45) is 1.65. The maximum atomic E-state index is 9.85. The number of hydrogen-bond acceptors (Lipinski definition) is 2. The van der Waals surface area contributed by atoms with Crippen molar-refractivity contribution in [3.8, 4) is 0 Å². The van der Waals surface area contributed by atoms with Gasteiger partial charge < -0.3 is 10.2 Å². The first-order valence-corrected chi connectivity index (χ1v) is 5.32. The molecule has 1 aromatic rings. The minimum Gasteiger partial charge on any atom is -0.392 e. The van der Waals surface area contributed by atoms with Gasteiger partial charge in [0.05, 0.1) is 12.7 Å². The standard InChI is InChI=1S/C14H18O2/c1-11(2)8-14(16)13(10-15)9-12-6-4-3-5-7-12/h3-7,9,14-16H,1,8,10H2,2H3/b13-9-/t14-/m0/s1. The van der Waals surface area contributed by atoms with Gasteiger partial charge in [0.25, 0.3) is 0 Å². The van der Waals surface area contributed by atoms with E-state index in [1.54, 1.807) is 0 Å². The van der Waals surface area contributed by atoms with Crippen molar-refractivity contribution in [2.24, 2.45) is 0 Å². The van der Waals surface area contributed by atoms with E-state index in [9.17, 15) is 10.2 Å². The zero-order valence-corrected chi connectivity index (χ0v) is 9.56. The van der Waals surface area contributed by atoms with Gasteiger partial charge in [-0.15, -0.1) is 6.58 Å². The summed E-state index contributed by atoms with van der Waals surface area (Å²) in [6, 6.07) is 9.64. The second kappa shape index (κ2) is 6.26. The Kier molecular flexibility index (Phi) is 4.96. The molecule has 0 saturated heterocycles. The van der Waals surface area contributed by atoms with Gasteiger partial charge in [0.1, 0.15) is 0 Å². The first-order chi connectivity index (χ1) is 7.63. The lowest BCUT2D eigenvalue weighted by Crippen LogP contribution is -2.13. The Morgan fingerprint density at radius 3 is 2.50 bits per heavy atom. The van der Waals surface area contributed by atoms with Gasteiger partial charge in [0.15, 0.2) is 0 Å². The highest BCUT2D eigenvalue weighted by atomic mass is 16.3. The van der Waals surface area contributed by atoms with Crippen molar-refractivity contribution in [2.45, 2.75) is 19.4 Å². The van der Waals surface area contributed by atoms with E-state index in [0.29, 0.717) is 12.0 Å². The lowest BCUT2D eigenvalue weighted by Gasteiger charge is -2.13. The Morgan fingerprint density at radius 1 is 1.38 bits per heavy atom. The summed E-state index contributed by atoms with van der Waals surface area (Å²) in [6.45, 7) is 5.48. The molecule has 0 aliphatic carbocycles. The molecule has 86 valence electrons. The van der Waals surface area contributed by atoms with E-state index >= 15 is 0 Å². The van der Waals surface area contributed by atoms with Gasteiger partial charge in [-0.1, -0.05) is 42.0 Å². The highest BCUT2D eigenvalue weighted by molar-refractivity contribution is 5.53. The molecule has 0 spiro atoms. The van der Waals surface area contributed by atoms with E-state index in [4.69, 9.17) is 0 Å². The molecular formula is C14H18O2. The van der Waals surface area contributed by atoms with Crippen molar-refractivity contribution in [2.75, 3.05) is 6.61 Å². The molecule has 0 radical (unpaired) electrons. The highest BCUT2D eigenvalue weighted by Crippen LogP contribution is 2.14. The van der Waals surface area contributed by atoms with Gasteiger partial charge >= 0.3 is 0 Å². The summed E-state index contributed by atoms with van der Waals surface area (Å²) >= 11 is 0. The molecule has 1 atom stereocenters. The number of rotatable bonds is 5. The van der Waals surface area contributed by atoms with Crippen molar-refractivity contribution in [3.05, 3.63) is 53.6 Å². The molecule has 0 amide bonds. The Bertz CT molecular complexity index is 366. The monoisotopic (exact) mass is 218 g/mol. The Morgan fingerprint density at radius 2 is 2.00 bits per heavy atom. The van der Waals surface area contributed by atoms with Gasteiger partial charge in [0, 0.05) is 0 Å². The van der Waals surface area contributed by atoms with Crippen LogP contribution < -0.4 is 0 Å². The minimum atomic E-state index is -0.650. The molecule has 0 fully saturated rings. The fraction of sp³-hybridized carbons (Fsp3) is 0.286. The number of aliphatic hydroxyl groups is 2. The zero-order chi connectivity index (χ0) is 12.0. The average Bonchev–Trinajstić information content (AvgIpc) is 2.26. The van der Waals surface area contributed by atoms with Gasteiger partial charge in [0.2, 0.25) is 0 Å². The molecule has 0 aliphatic heterocycles. The third-order valence-corrected chi connectivity index (χ3v) is 2.30. The topological polar surface area (TPSA) is 40.5 Å². The van der Waals surface area contributed by atoms with E-state index in [2.05, 4.69) is 6.58 Å². The second-order valence-electron chi connectivity index (χ2n) is 3.97. The van der Waals surface area contributed by atoms with E-state index in [-0.39, 0.29) is 6.61 Å². The predicted molar refractivity (Wildman–Crippen MR) is 66.9 cm³/mol. The molecule has 0 saturated carbocycles. The number of aliphatic hydroxyl groups excluding tert-OH is 2.